The van der Waals surface area contributed by atoms with Gasteiger partial charge in [-0.3, -0.25) is 4.79 Å². The van der Waals surface area contributed by atoms with Crippen molar-refractivity contribution in [3.63, 3.8) is 0 Å². The van der Waals surface area contributed by atoms with Gasteiger partial charge in [-0.15, -0.1) is 0 Å². The molecule has 2 aromatic carbocycles. The largest absolute Gasteiger partial charge is 0.398 e. The number of rotatable bonds is 4. The van der Waals surface area contributed by atoms with E-state index in [0.717, 1.165) is 17.4 Å². The highest BCUT2D eigenvalue weighted by atomic mass is 32.2. The van der Waals surface area contributed by atoms with Gasteiger partial charge in [0.05, 0.1) is 16.5 Å². The zero-order chi connectivity index (χ0) is 17.2. The molecule has 6 heteroatoms. The summed E-state index contributed by atoms with van der Waals surface area (Å²) in [6.07, 6.45) is 1.16. The summed E-state index contributed by atoms with van der Waals surface area (Å²) in [5, 5.41) is 2.87. The number of para-hydroxylation sites is 1. The first kappa shape index (κ1) is 17.0. The molecule has 0 saturated heterocycles. The summed E-state index contributed by atoms with van der Waals surface area (Å²) in [5.41, 5.74) is 8.50. The molecule has 0 radical (unpaired) electrons. The van der Waals surface area contributed by atoms with Crippen molar-refractivity contribution < 1.29 is 13.2 Å². The van der Waals surface area contributed by atoms with Gasteiger partial charge in [-0.1, -0.05) is 24.3 Å². The van der Waals surface area contributed by atoms with Crippen LogP contribution in [0.3, 0.4) is 0 Å². The molecule has 23 heavy (non-hydrogen) atoms. The van der Waals surface area contributed by atoms with Crippen LogP contribution in [0.2, 0.25) is 0 Å². The smallest absolute Gasteiger partial charge is 0.253 e. The number of carbonyl (C=O) groups excluding carboxylic acids is 1. The molecule has 0 fully saturated rings. The van der Waals surface area contributed by atoms with Gasteiger partial charge in [0, 0.05) is 11.9 Å². The van der Waals surface area contributed by atoms with Gasteiger partial charge in [0.25, 0.3) is 5.91 Å². The average Bonchev–Trinajstić information content (AvgIpc) is 2.49. The molecule has 1 amide bonds. The van der Waals surface area contributed by atoms with Crippen LogP contribution >= 0.6 is 0 Å². The first-order chi connectivity index (χ1) is 10.7. The van der Waals surface area contributed by atoms with Gasteiger partial charge in [-0.25, -0.2) is 8.42 Å². The molecule has 0 saturated carbocycles. The number of nitrogens with two attached hydrogens (primary N) is 1. The van der Waals surface area contributed by atoms with Crippen LogP contribution in [0.5, 0.6) is 0 Å². The number of carbonyl (C=O) groups is 1. The third-order valence-electron chi connectivity index (χ3n) is 3.72. The maximum Gasteiger partial charge on any atom is 0.253 e. The summed E-state index contributed by atoms with van der Waals surface area (Å²) in [7, 11) is -3.23. The Labute approximate surface area is 136 Å². The van der Waals surface area contributed by atoms with E-state index in [9.17, 15) is 13.2 Å². The summed E-state index contributed by atoms with van der Waals surface area (Å²) in [6, 6.07) is 11.5. The molecular weight excluding hydrogens is 312 g/mol. The topological polar surface area (TPSA) is 89.3 Å². The van der Waals surface area contributed by atoms with Crippen molar-refractivity contribution >= 4 is 21.4 Å². The first-order valence-corrected chi connectivity index (χ1v) is 9.05. The van der Waals surface area contributed by atoms with Crippen LogP contribution in [0.1, 0.15) is 34.5 Å². The van der Waals surface area contributed by atoms with Crippen molar-refractivity contribution in [3.8, 4) is 0 Å². The number of sulfone groups is 1. The maximum atomic E-state index is 12.3. The third-order valence-corrected chi connectivity index (χ3v) is 4.85. The molecule has 2 aromatic rings. The molecule has 0 aliphatic rings. The Morgan fingerprint density at radius 1 is 1.13 bits per heavy atom. The van der Waals surface area contributed by atoms with Gasteiger partial charge < -0.3 is 11.1 Å². The van der Waals surface area contributed by atoms with E-state index < -0.39 is 9.84 Å². The number of benzene rings is 2. The minimum atomic E-state index is -3.23. The molecule has 5 nitrogen and oxygen atoms in total. The summed E-state index contributed by atoms with van der Waals surface area (Å²) >= 11 is 0. The molecule has 2 rings (SSSR count). The number of anilines is 1. The molecule has 122 valence electrons. The second-order valence-electron chi connectivity index (χ2n) is 5.57. The number of nitrogen functional groups attached to an aromatic ring is 1. The molecule has 1 unspecified atom stereocenters. The highest BCUT2D eigenvalue weighted by molar-refractivity contribution is 7.90. The minimum absolute atomic E-state index is 0.253. The molecule has 0 bridgehead atoms. The lowest BCUT2D eigenvalue weighted by atomic mass is 10.1. The number of aryl methyl sites for hydroxylation is 1. The van der Waals surface area contributed by atoms with Gasteiger partial charge in [-0.2, -0.15) is 0 Å². The molecule has 0 heterocycles. The van der Waals surface area contributed by atoms with Gasteiger partial charge in [0.2, 0.25) is 0 Å². The lowest BCUT2D eigenvalue weighted by Gasteiger charge is -2.16. The highest BCUT2D eigenvalue weighted by Crippen LogP contribution is 2.20. The fraction of sp³-hybridized carbons (Fsp3) is 0.235. The zero-order valence-corrected chi connectivity index (χ0v) is 14.1. The Balaban J connectivity index is 2.17. The maximum absolute atomic E-state index is 12.3. The first-order valence-electron chi connectivity index (χ1n) is 7.16. The molecule has 0 aliphatic carbocycles. The van der Waals surface area contributed by atoms with Crippen molar-refractivity contribution in [2.24, 2.45) is 0 Å². The SMILES string of the molecule is Cc1cccc(C(=O)NC(C)c2ccc(S(C)(=O)=O)cc2)c1N. The fourth-order valence-electron chi connectivity index (χ4n) is 2.24. The van der Waals surface area contributed by atoms with Crippen LogP contribution in [0, 0.1) is 6.92 Å². The number of amides is 1. The zero-order valence-electron chi connectivity index (χ0n) is 13.3. The second kappa shape index (κ2) is 6.42. The van der Waals surface area contributed by atoms with Crippen LogP contribution in [0.25, 0.3) is 0 Å². The summed E-state index contributed by atoms with van der Waals surface area (Å²) in [4.78, 5) is 12.6. The molecule has 0 aromatic heterocycles. The summed E-state index contributed by atoms with van der Waals surface area (Å²) in [6.45, 7) is 3.68. The van der Waals surface area contributed by atoms with Crippen LogP contribution < -0.4 is 11.1 Å². The Kier molecular flexibility index (Phi) is 4.75. The van der Waals surface area contributed by atoms with Crippen LogP contribution in [0.15, 0.2) is 47.4 Å². The molecule has 1 atom stereocenters. The van der Waals surface area contributed by atoms with Gasteiger partial charge in [0.1, 0.15) is 0 Å². The van der Waals surface area contributed by atoms with Gasteiger partial charge in [-0.05, 0) is 43.2 Å². The van der Waals surface area contributed by atoms with E-state index in [0.29, 0.717) is 11.3 Å². The normalized spacial score (nSPS) is 12.7. The van der Waals surface area contributed by atoms with E-state index in [1.54, 1.807) is 24.3 Å². The predicted octanol–water partition coefficient (Wildman–Crippen LogP) is 2.47. The van der Waals surface area contributed by atoms with Crippen molar-refractivity contribution in [2.75, 3.05) is 12.0 Å². The number of hydrogen-bond donors (Lipinski definition) is 2. The lowest BCUT2D eigenvalue weighted by molar-refractivity contribution is 0.0940. The number of hydrogen-bond acceptors (Lipinski definition) is 4. The molecular formula is C17H20N2O3S. The van der Waals surface area contributed by atoms with Crippen molar-refractivity contribution in [1.29, 1.82) is 0 Å². The van der Waals surface area contributed by atoms with Crippen molar-refractivity contribution in [1.82, 2.24) is 5.32 Å². The van der Waals surface area contributed by atoms with E-state index in [-0.39, 0.29) is 16.8 Å². The fourth-order valence-corrected chi connectivity index (χ4v) is 2.87. The molecule has 0 spiro atoms. The Morgan fingerprint density at radius 3 is 2.30 bits per heavy atom. The van der Waals surface area contributed by atoms with Gasteiger partial charge >= 0.3 is 0 Å². The van der Waals surface area contributed by atoms with Crippen molar-refractivity contribution in [3.05, 3.63) is 59.2 Å². The predicted molar refractivity (Wildman–Crippen MR) is 91.0 cm³/mol. The lowest BCUT2D eigenvalue weighted by Crippen LogP contribution is -2.27. The van der Waals surface area contributed by atoms with E-state index >= 15 is 0 Å². The average molecular weight is 332 g/mol. The Hall–Kier alpha value is -2.34. The Morgan fingerprint density at radius 2 is 1.74 bits per heavy atom. The van der Waals surface area contributed by atoms with E-state index in [4.69, 9.17) is 5.73 Å². The van der Waals surface area contributed by atoms with E-state index in [1.807, 2.05) is 19.9 Å². The standard InChI is InChI=1S/C17H20N2O3S/c1-11-5-4-6-15(16(11)18)17(20)19-12(2)13-7-9-14(10-8-13)23(3,21)22/h4-10,12H,18H2,1-3H3,(H,19,20). The summed E-state index contributed by atoms with van der Waals surface area (Å²) < 4.78 is 22.9. The quantitative estimate of drug-likeness (QED) is 0.842. The van der Waals surface area contributed by atoms with Crippen LogP contribution in [0.4, 0.5) is 5.69 Å². The monoisotopic (exact) mass is 332 g/mol. The van der Waals surface area contributed by atoms with Crippen LogP contribution in [-0.4, -0.2) is 20.6 Å². The Bertz CT molecular complexity index is 827. The molecule has 3 N–H and O–H groups in total. The van der Waals surface area contributed by atoms with E-state index in [1.165, 1.54) is 12.1 Å². The van der Waals surface area contributed by atoms with Gasteiger partial charge in [0.15, 0.2) is 9.84 Å². The minimum Gasteiger partial charge on any atom is -0.398 e. The number of nitrogens with one attached hydrogen (secondary N) is 1. The highest BCUT2D eigenvalue weighted by Gasteiger charge is 2.15. The third kappa shape index (κ3) is 3.90. The summed E-state index contributed by atoms with van der Waals surface area (Å²) in [5.74, 6) is -0.258. The van der Waals surface area contributed by atoms with Crippen LogP contribution in [-0.2, 0) is 9.84 Å². The molecule has 0 aliphatic heterocycles. The van der Waals surface area contributed by atoms with E-state index in [2.05, 4.69) is 5.32 Å². The second-order valence-corrected chi connectivity index (χ2v) is 7.59. The van der Waals surface area contributed by atoms with Crippen molar-refractivity contribution in [2.45, 2.75) is 24.8 Å².